The summed E-state index contributed by atoms with van der Waals surface area (Å²) in [6.45, 7) is 1.92. The molecule has 0 spiro atoms. The minimum atomic E-state index is -3.64. The quantitative estimate of drug-likeness (QED) is 0.620. The fourth-order valence-electron chi connectivity index (χ4n) is 1.56. The van der Waals surface area contributed by atoms with Gasteiger partial charge in [-0.3, -0.25) is 4.79 Å². The maximum atomic E-state index is 11.9. The molecule has 3 N–H and O–H groups in total. The number of hydroxylamine groups is 1. The van der Waals surface area contributed by atoms with Crippen molar-refractivity contribution in [1.29, 1.82) is 0 Å². The van der Waals surface area contributed by atoms with Crippen molar-refractivity contribution in [2.24, 2.45) is 0 Å². The van der Waals surface area contributed by atoms with Crippen LogP contribution in [-0.2, 0) is 19.5 Å². The van der Waals surface area contributed by atoms with Crippen LogP contribution in [0.25, 0.3) is 0 Å². The van der Waals surface area contributed by atoms with E-state index in [1.165, 1.54) is 18.2 Å². The van der Waals surface area contributed by atoms with Crippen LogP contribution < -0.4 is 11.2 Å². The van der Waals surface area contributed by atoms with Gasteiger partial charge in [0, 0.05) is 18.4 Å². The summed E-state index contributed by atoms with van der Waals surface area (Å²) in [5.74, 6) is -1.40. The van der Waals surface area contributed by atoms with Gasteiger partial charge in [-0.2, -0.15) is 5.48 Å². The Balaban J connectivity index is 2.86. The van der Waals surface area contributed by atoms with E-state index < -0.39 is 21.7 Å². The molecule has 1 rings (SSSR count). The Morgan fingerprint density at radius 2 is 2.00 bits per heavy atom. The minimum absolute atomic E-state index is 0.130. The van der Waals surface area contributed by atoms with E-state index in [9.17, 15) is 18.0 Å². The molecule has 0 bridgehead atoms. The van der Waals surface area contributed by atoms with Crippen molar-refractivity contribution in [3.05, 3.63) is 23.8 Å². The van der Waals surface area contributed by atoms with Gasteiger partial charge in [0.25, 0.3) is 5.91 Å². The number of nitrogen functional groups attached to an aromatic ring is 1. The first-order valence-electron chi connectivity index (χ1n) is 6.35. The summed E-state index contributed by atoms with van der Waals surface area (Å²) < 4.78 is 23.3. The SMILES string of the molecule is CCCCC(=O)ONC(=O)c1ccc(N)cc1S(C)(=O)=O. The monoisotopic (exact) mass is 314 g/mol. The van der Waals surface area contributed by atoms with Crippen molar-refractivity contribution in [3.63, 3.8) is 0 Å². The molecule has 0 aromatic heterocycles. The average molecular weight is 314 g/mol. The number of sulfone groups is 1. The van der Waals surface area contributed by atoms with Crippen molar-refractivity contribution in [2.75, 3.05) is 12.0 Å². The van der Waals surface area contributed by atoms with E-state index in [0.717, 1.165) is 12.7 Å². The van der Waals surface area contributed by atoms with E-state index in [0.29, 0.717) is 6.42 Å². The molecule has 21 heavy (non-hydrogen) atoms. The molecule has 7 nitrogen and oxygen atoms in total. The molecule has 0 heterocycles. The minimum Gasteiger partial charge on any atom is -0.399 e. The molecule has 8 heteroatoms. The van der Waals surface area contributed by atoms with E-state index in [-0.39, 0.29) is 22.6 Å². The third-order valence-electron chi connectivity index (χ3n) is 2.64. The zero-order valence-corrected chi connectivity index (χ0v) is 12.7. The predicted molar refractivity (Wildman–Crippen MR) is 77.0 cm³/mol. The van der Waals surface area contributed by atoms with Crippen molar-refractivity contribution >= 4 is 27.4 Å². The summed E-state index contributed by atoms with van der Waals surface area (Å²) in [4.78, 5) is 27.6. The molecular weight excluding hydrogens is 296 g/mol. The second kappa shape index (κ2) is 7.07. The lowest BCUT2D eigenvalue weighted by Gasteiger charge is -2.09. The summed E-state index contributed by atoms with van der Waals surface area (Å²) in [7, 11) is -3.64. The first-order chi connectivity index (χ1) is 9.75. The largest absolute Gasteiger partial charge is 0.399 e. The summed E-state index contributed by atoms with van der Waals surface area (Å²) in [6.07, 6.45) is 2.60. The van der Waals surface area contributed by atoms with Gasteiger partial charge in [-0.25, -0.2) is 13.2 Å². The number of unbranched alkanes of at least 4 members (excludes halogenated alkanes) is 1. The first kappa shape index (κ1) is 17.0. The Labute approximate surface area is 123 Å². The highest BCUT2D eigenvalue weighted by atomic mass is 32.2. The Bertz CT molecular complexity index is 640. The molecule has 0 aliphatic carbocycles. The molecule has 0 unspecified atom stereocenters. The first-order valence-corrected chi connectivity index (χ1v) is 8.24. The number of nitrogens with two attached hydrogens (primary N) is 1. The fourth-order valence-corrected chi connectivity index (χ4v) is 2.47. The molecule has 1 amide bonds. The van der Waals surface area contributed by atoms with Crippen LogP contribution in [0.3, 0.4) is 0 Å². The van der Waals surface area contributed by atoms with Gasteiger partial charge >= 0.3 is 5.97 Å². The zero-order chi connectivity index (χ0) is 16.0. The van der Waals surface area contributed by atoms with Crippen LogP contribution >= 0.6 is 0 Å². The third kappa shape index (κ3) is 5.07. The number of hydrogen-bond acceptors (Lipinski definition) is 6. The van der Waals surface area contributed by atoms with Gasteiger partial charge in [0.15, 0.2) is 9.84 Å². The summed E-state index contributed by atoms with van der Waals surface area (Å²) in [5.41, 5.74) is 7.55. The van der Waals surface area contributed by atoms with Crippen LogP contribution in [0.15, 0.2) is 23.1 Å². The smallest absolute Gasteiger partial charge is 0.332 e. The molecule has 0 saturated carbocycles. The summed E-state index contributed by atoms with van der Waals surface area (Å²) in [6, 6.07) is 3.84. The lowest BCUT2D eigenvalue weighted by Crippen LogP contribution is -2.28. The highest BCUT2D eigenvalue weighted by Gasteiger charge is 2.20. The van der Waals surface area contributed by atoms with Gasteiger partial charge in [0.1, 0.15) is 0 Å². The highest BCUT2D eigenvalue weighted by Crippen LogP contribution is 2.19. The lowest BCUT2D eigenvalue weighted by atomic mass is 10.2. The molecule has 1 aromatic carbocycles. The van der Waals surface area contributed by atoms with Crippen LogP contribution in [0.1, 0.15) is 36.5 Å². The molecular formula is C13H18N2O5S. The zero-order valence-electron chi connectivity index (χ0n) is 11.9. The molecule has 116 valence electrons. The number of rotatable bonds is 5. The molecule has 0 fully saturated rings. The Morgan fingerprint density at radius 3 is 2.57 bits per heavy atom. The van der Waals surface area contributed by atoms with Crippen LogP contribution in [0.2, 0.25) is 0 Å². The summed E-state index contributed by atoms with van der Waals surface area (Å²) >= 11 is 0. The molecule has 0 atom stereocenters. The number of carbonyl (C=O) groups excluding carboxylic acids is 2. The van der Waals surface area contributed by atoms with E-state index >= 15 is 0 Å². The number of carbonyl (C=O) groups is 2. The van der Waals surface area contributed by atoms with E-state index in [1.54, 1.807) is 0 Å². The van der Waals surface area contributed by atoms with Crippen molar-refractivity contribution < 1.29 is 22.8 Å². The van der Waals surface area contributed by atoms with Crippen molar-refractivity contribution in [2.45, 2.75) is 31.1 Å². The maximum Gasteiger partial charge on any atom is 0.332 e. The van der Waals surface area contributed by atoms with E-state index in [2.05, 4.69) is 4.84 Å². The lowest BCUT2D eigenvalue weighted by molar-refractivity contribution is -0.149. The van der Waals surface area contributed by atoms with Gasteiger partial charge < -0.3 is 10.6 Å². The highest BCUT2D eigenvalue weighted by molar-refractivity contribution is 7.90. The third-order valence-corrected chi connectivity index (χ3v) is 3.78. The standard InChI is InChI=1S/C13H18N2O5S/c1-3-4-5-12(16)20-15-13(17)10-7-6-9(14)8-11(10)21(2,18)19/h6-8H,3-5,14H2,1-2H3,(H,15,17). The fraction of sp³-hybridized carbons (Fsp3) is 0.385. The Morgan fingerprint density at radius 1 is 1.33 bits per heavy atom. The maximum absolute atomic E-state index is 11.9. The van der Waals surface area contributed by atoms with Crippen molar-refractivity contribution in [1.82, 2.24) is 5.48 Å². The Hall–Kier alpha value is -2.09. The van der Waals surface area contributed by atoms with Gasteiger partial charge in [-0.1, -0.05) is 13.3 Å². The molecule has 0 saturated heterocycles. The van der Waals surface area contributed by atoms with Crippen LogP contribution in [0, 0.1) is 0 Å². The molecule has 0 aliphatic heterocycles. The van der Waals surface area contributed by atoms with Crippen molar-refractivity contribution in [3.8, 4) is 0 Å². The van der Waals surface area contributed by atoms with E-state index in [4.69, 9.17) is 5.73 Å². The topological polar surface area (TPSA) is 116 Å². The van der Waals surface area contributed by atoms with Gasteiger partial charge in [0.05, 0.1) is 10.5 Å². The van der Waals surface area contributed by atoms with Gasteiger partial charge in [0.2, 0.25) is 0 Å². The second-order valence-corrected chi connectivity index (χ2v) is 6.52. The molecule has 0 radical (unpaired) electrons. The average Bonchev–Trinajstić information content (AvgIpc) is 2.41. The van der Waals surface area contributed by atoms with Crippen LogP contribution in [0.4, 0.5) is 5.69 Å². The molecule has 0 aliphatic rings. The summed E-state index contributed by atoms with van der Waals surface area (Å²) in [5, 5.41) is 0. The number of nitrogens with one attached hydrogen (secondary N) is 1. The van der Waals surface area contributed by atoms with Crippen LogP contribution in [0.5, 0.6) is 0 Å². The van der Waals surface area contributed by atoms with Gasteiger partial charge in [-0.05, 0) is 24.6 Å². The van der Waals surface area contributed by atoms with Gasteiger partial charge in [-0.15, -0.1) is 0 Å². The number of hydrogen-bond donors (Lipinski definition) is 2. The molecule has 1 aromatic rings. The normalized spacial score (nSPS) is 11.0. The number of amides is 1. The predicted octanol–water partition coefficient (Wildman–Crippen LogP) is 1.05. The number of anilines is 1. The second-order valence-electron chi connectivity index (χ2n) is 4.54. The van der Waals surface area contributed by atoms with E-state index in [1.807, 2.05) is 12.4 Å². The Kier molecular flexibility index (Phi) is 5.71. The number of benzene rings is 1. The van der Waals surface area contributed by atoms with Crippen LogP contribution in [-0.4, -0.2) is 26.6 Å².